The zero-order valence-electron chi connectivity index (χ0n) is 15.0. The van der Waals surface area contributed by atoms with Gasteiger partial charge in [-0.1, -0.05) is 53.9 Å². The van der Waals surface area contributed by atoms with Crippen molar-refractivity contribution in [2.24, 2.45) is 0 Å². The van der Waals surface area contributed by atoms with Crippen molar-refractivity contribution in [2.75, 3.05) is 16.0 Å². The lowest BCUT2D eigenvalue weighted by Gasteiger charge is -2.42. The van der Waals surface area contributed by atoms with Crippen LogP contribution in [-0.4, -0.2) is 38.6 Å². The van der Waals surface area contributed by atoms with Crippen LogP contribution in [0.3, 0.4) is 0 Å². The molecule has 0 spiro atoms. The number of benzene rings is 1. The van der Waals surface area contributed by atoms with E-state index in [1.807, 2.05) is 25.1 Å². The first-order chi connectivity index (χ1) is 12.3. The Labute approximate surface area is 165 Å². The second-order valence-corrected chi connectivity index (χ2v) is 10.3. The molecule has 0 bridgehead atoms. The first-order valence-electron chi connectivity index (χ1n) is 8.22. The number of fused-ring (bicyclic) bond motifs is 1. The normalized spacial score (nSPS) is 16.8. The third-order valence-corrected chi connectivity index (χ3v) is 7.12. The molecule has 1 aliphatic heterocycles. The third kappa shape index (κ3) is 3.60. The van der Waals surface area contributed by atoms with Crippen LogP contribution >= 0.6 is 34.9 Å². The summed E-state index contributed by atoms with van der Waals surface area (Å²) in [5.74, 6) is 0.614. The Morgan fingerprint density at radius 2 is 2.00 bits per heavy atom. The second kappa shape index (κ2) is 7.58. The van der Waals surface area contributed by atoms with E-state index in [9.17, 15) is 9.59 Å². The summed E-state index contributed by atoms with van der Waals surface area (Å²) in [4.78, 5) is 27.3. The van der Waals surface area contributed by atoms with E-state index in [0.717, 1.165) is 14.4 Å². The Balaban J connectivity index is 1.85. The van der Waals surface area contributed by atoms with Crippen molar-refractivity contribution in [3.8, 4) is 0 Å². The van der Waals surface area contributed by atoms with Gasteiger partial charge >= 0.3 is 0 Å². The number of hydrogen-bond donors (Lipinski definition) is 1. The van der Waals surface area contributed by atoms with E-state index in [1.54, 1.807) is 36.6 Å². The van der Waals surface area contributed by atoms with E-state index in [-0.39, 0.29) is 17.1 Å². The number of anilines is 2. The smallest absolute Gasteiger partial charge is 0.250 e. The zero-order valence-corrected chi connectivity index (χ0v) is 17.4. The Morgan fingerprint density at radius 1 is 1.31 bits per heavy atom. The van der Waals surface area contributed by atoms with Gasteiger partial charge in [-0.15, -0.1) is 10.2 Å². The highest BCUT2D eigenvalue weighted by Crippen LogP contribution is 2.39. The number of thioether (sulfide) groups is 2. The number of amides is 2. The molecule has 9 heteroatoms. The fraction of sp³-hybridized carbons (Fsp3) is 0.412. The molecule has 1 atom stereocenters. The van der Waals surface area contributed by atoms with Crippen LogP contribution in [0.5, 0.6) is 0 Å². The average Bonchev–Trinajstić information content (AvgIpc) is 3.02. The van der Waals surface area contributed by atoms with E-state index in [0.29, 0.717) is 11.4 Å². The van der Waals surface area contributed by atoms with Gasteiger partial charge in [0, 0.05) is 0 Å². The highest BCUT2D eigenvalue weighted by Gasteiger charge is 2.44. The molecule has 2 heterocycles. The first kappa shape index (κ1) is 19.2. The van der Waals surface area contributed by atoms with Gasteiger partial charge in [-0.05, 0) is 38.7 Å². The predicted octanol–water partition coefficient (Wildman–Crippen LogP) is 3.89. The van der Waals surface area contributed by atoms with Crippen LogP contribution in [0.25, 0.3) is 0 Å². The fourth-order valence-corrected chi connectivity index (χ4v) is 5.76. The molecule has 0 aliphatic carbocycles. The number of aromatic nitrogens is 2. The Kier molecular flexibility index (Phi) is 5.59. The monoisotopic (exact) mass is 408 g/mol. The van der Waals surface area contributed by atoms with Crippen molar-refractivity contribution >= 4 is 58.0 Å². The maximum Gasteiger partial charge on any atom is 0.250 e. The van der Waals surface area contributed by atoms with Crippen LogP contribution in [0.4, 0.5) is 11.4 Å². The van der Waals surface area contributed by atoms with E-state index < -0.39 is 5.54 Å². The molecule has 1 aliphatic rings. The first-order valence-corrected chi connectivity index (χ1v) is 10.9. The standard InChI is InChI=1S/C17H20N4O2S3/c1-5-24-15-19-20-16(26-15)25-10(2)13(22)21-12-9-7-6-8-11(12)18-14(23)17(21,3)4/h6-10H,5H2,1-4H3,(H,18,23)/t10-/m0/s1. The van der Waals surface area contributed by atoms with Crippen LogP contribution in [0, 0.1) is 0 Å². The third-order valence-electron chi connectivity index (χ3n) is 4.01. The molecule has 26 heavy (non-hydrogen) atoms. The summed E-state index contributed by atoms with van der Waals surface area (Å²) in [6.07, 6.45) is 0. The van der Waals surface area contributed by atoms with Gasteiger partial charge in [-0.25, -0.2) is 0 Å². The lowest BCUT2D eigenvalue weighted by atomic mass is 9.96. The number of hydrogen-bond acceptors (Lipinski definition) is 7. The van der Waals surface area contributed by atoms with Crippen molar-refractivity contribution in [3.63, 3.8) is 0 Å². The van der Waals surface area contributed by atoms with Crippen molar-refractivity contribution in [1.82, 2.24) is 10.2 Å². The molecule has 1 aromatic heterocycles. The number of carbonyl (C=O) groups excluding carboxylic acids is 2. The number of nitrogens with zero attached hydrogens (tertiary/aromatic N) is 3. The Bertz CT molecular complexity index is 837. The topological polar surface area (TPSA) is 75.2 Å². The molecular formula is C17H20N4O2S3. The van der Waals surface area contributed by atoms with E-state index in [2.05, 4.69) is 22.4 Å². The van der Waals surface area contributed by atoms with Crippen LogP contribution in [0.1, 0.15) is 27.7 Å². The Hall–Kier alpha value is -1.58. The summed E-state index contributed by atoms with van der Waals surface area (Å²) >= 11 is 4.50. The number of para-hydroxylation sites is 2. The van der Waals surface area contributed by atoms with Crippen molar-refractivity contribution in [2.45, 2.75) is 47.2 Å². The lowest BCUT2D eigenvalue weighted by molar-refractivity contribution is -0.126. The van der Waals surface area contributed by atoms with Crippen LogP contribution in [0.2, 0.25) is 0 Å². The molecule has 0 saturated heterocycles. The molecule has 6 nitrogen and oxygen atoms in total. The van der Waals surface area contributed by atoms with Gasteiger partial charge in [0.05, 0.1) is 16.6 Å². The fourth-order valence-electron chi connectivity index (χ4n) is 2.66. The molecule has 1 aromatic carbocycles. The maximum atomic E-state index is 13.2. The largest absolute Gasteiger partial charge is 0.322 e. The zero-order chi connectivity index (χ0) is 18.9. The highest BCUT2D eigenvalue weighted by molar-refractivity contribution is 8.03. The molecule has 3 rings (SSSR count). The summed E-state index contributed by atoms with van der Waals surface area (Å²) in [6.45, 7) is 7.42. The Morgan fingerprint density at radius 3 is 2.73 bits per heavy atom. The summed E-state index contributed by atoms with van der Waals surface area (Å²) in [5.41, 5.74) is 0.402. The summed E-state index contributed by atoms with van der Waals surface area (Å²) in [7, 11) is 0. The van der Waals surface area contributed by atoms with Gasteiger partial charge in [0.1, 0.15) is 5.54 Å². The number of rotatable bonds is 5. The quantitative estimate of drug-likeness (QED) is 0.757. The van der Waals surface area contributed by atoms with Crippen molar-refractivity contribution in [1.29, 1.82) is 0 Å². The van der Waals surface area contributed by atoms with E-state index in [1.165, 1.54) is 23.1 Å². The molecule has 1 N–H and O–H groups in total. The number of nitrogens with one attached hydrogen (secondary N) is 1. The van der Waals surface area contributed by atoms with E-state index >= 15 is 0 Å². The van der Waals surface area contributed by atoms with Crippen molar-refractivity contribution < 1.29 is 9.59 Å². The highest BCUT2D eigenvalue weighted by atomic mass is 32.2. The van der Waals surface area contributed by atoms with Gasteiger partial charge in [0.2, 0.25) is 11.8 Å². The van der Waals surface area contributed by atoms with Crippen LogP contribution in [0.15, 0.2) is 32.9 Å². The minimum Gasteiger partial charge on any atom is -0.322 e. The minimum atomic E-state index is -0.968. The van der Waals surface area contributed by atoms with Gasteiger partial charge < -0.3 is 5.32 Å². The van der Waals surface area contributed by atoms with E-state index in [4.69, 9.17) is 0 Å². The SMILES string of the molecule is CCSc1nnc(S[C@@H](C)C(=O)N2c3ccccc3NC(=O)C2(C)C)s1. The van der Waals surface area contributed by atoms with Gasteiger partial charge in [-0.3, -0.25) is 14.5 Å². The number of carbonyl (C=O) groups is 2. The molecule has 0 radical (unpaired) electrons. The molecule has 0 unspecified atom stereocenters. The lowest BCUT2D eigenvalue weighted by Crippen LogP contribution is -2.60. The van der Waals surface area contributed by atoms with Crippen molar-refractivity contribution in [3.05, 3.63) is 24.3 Å². The van der Waals surface area contributed by atoms with Crippen LogP contribution < -0.4 is 10.2 Å². The maximum absolute atomic E-state index is 13.2. The molecular weight excluding hydrogens is 388 g/mol. The summed E-state index contributed by atoms with van der Waals surface area (Å²) < 4.78 is 1.66. The molecule has 0 fully saturated rings. The summed E-state index contributed by atoms with van der Waals surface area (Å²) in [6, 6.07) is 7.36. The molecule has 138 valence electrons. The molecule has 2 aromatic rings. The predicted molar refractivity (Wildman–Crippen MR) is 108 cm³/mol. The van der Waals surface area contributed by atoms with Gasteiger partial charge in [0.25, 0.3) is 0 Å². The van der Waals surface area contributed by atoms with Gasteiger partial charge in [0.15, 0.2) is 8.68 Å². The van der Waals surface area contributed by atoms with Crippen LogP contribution in [-0.2, 0) is 9.59 Å². The average molecular weight is 409 g/mol. The van der Waals surface area contributed by atoms with Gasteiger partial charge in [-0.2, -0.15) is 0 Å². The summed E-state index contributed by atoms with van der Waals surface area (Å²) in [5, 5.41) is 10.8. The molecule has 2 amide bonds. The molecule has 0 saturated carbocycles. The second-order valence-electron chi connectivity index (χ2n) is 6.23. The minimum absolute atomic E-state index is 0.123.